The molecule has 2 aromatic carbocycles. The van der Waals surface area contributed by atoms with Crippen LogP contribution in [0.4, 0.5) is 10.1 Å². The number of hydrogen-bond acceptors (Lipinski definition) is 5. The highest BCUT2D eigenvalue weighted by Gasteiger charge is 2.05. The smallest absolute Gasteiger partial charge is 0.227 e. The standard InChI is InChI=1S/C21H19FN2O4/c1-26-17-7-9-18(10-8-17)27-13-12-20(25)24-16-4-11-21(23-14-16)28-19-5-2-15(22)3-6-19/h2-11,14H,12-13H2,1H3,(H,24,25). The van der Waals surface area contributed by atoms with Crippen molar-refractivity contribution in [2.24, 2.45) is 0 Å². The van der Waals surface area contributed by atoms with E-state index in [9.17, 15) is 9.18 Å². The van der Waals surface area contributed by atoms with E-state index in [-0.39, 0.29) is 24.8 Å². The lowest BCUT2D eigenvalue weighted by atomic mass is 10.3. The van der Waals surface area contributed by atoms with Crippen molar-refractivity contribution in [1.82, 2.24) is 4.98 Å². The number of methoxy groups -OCH3 is 1. The summed E-state index contributed by atoms with van der Waals surface area (Å²) in [4.78, 5) is 16.1. The average molecular weight is 382 g/mol. The minimum Gasteiger partial charge on any atom is -0.497 e. The van der Waals surface area contributed by atoms with Gasteiger partial charge in [0, 0.05) is 6.07 Å². The van der Waals surface area contributed by atoms with E-state index < -0.39 is 0 Å². The Bertz CT molecular complexity index is 897. The van der Waals surface area contributed by atoms with Crippen molar-refractivity contribution in [3.05, 3.63) is 72.7 Å². The Morgan fingerprint density at radius 2 is 1.64 bits per heavy atom. The number of pyridine rings is 1. The lowest BCUT2D eigenvalue weighted by molar-refractivity contribution is -0.116. The lowest BCUT2D eigenvalue weighted by Gasteiger charge is -2.09. The Balaban J connectivity index is 1.44. The Hall–Kier alpha value is -3.61. The van der Waals surface area contributed by atoms with Crippen molar-refractivity contribution in [3.8, 4) is 23.1 Å². The average Bonchev–Trinajstić information content (AvgIpc) is 2.72. The predicted octanol–water partition coefficient (Wildman–Crippen LogP) is 4.43. The Morgan fingerprint density at radius 3 is 2.29 bits per heavy atom. The first-order valence-corrected chi connectivity index (χ1v) is 8.58. The van der Waals surface area contributed by atoms with Crippen LogP contribution in [0, 0.1) is 5.82 Å². The first-order chi connectivity index (χ1) is 13.6. The zero-order valence-electron chi connectivity index (χ0n) is 15.2. The van der Waals surface area contributed by atoms with Crippen LogP contribution in [0.5, 0.6) is 23.1 Å². The van der Waals surface area contributed by atoms with Crippen LogP contribution in [-0.4, -0.2) is 24.6 Å². The number of carbonyl (C=O) groups is 1. The fourth-order valence-electron chi connectivity index (χ4n) is 2.30. The van der Waals surface area contributed by atoms with E-state index in [4.69, 9.17) is 14.2 Å². The molecule has 0 bridgehead atoms. The molecule has 1 aromatic heterocycles. The molecule has 3 rings (SSSR count). The van der Waals surface area contributed by atoms with E-state index in [1.54, 1.807) is 43.5 Å². The SMILES string of the molecule is COc1ccc(OCCC(=O)Nc2ccc(Oc3ccc(F)cc3)nc2)cc1. The fourth-order valence-corrected chi connectivity index (χ4v) is 2.30. The zero-order chi connectivity index (χ0) is 19.8. The van der Waals surface area contributed by atoms with Gasteiger partial charge in [-0.25, -0.2) is 9.37 Å². The van der Waals surface area contributed by atoms with Gasteiger partial charge in [0.1, 0.15) is 23.1 Å². The minimum atomic E-state index is -0.339. The van der Waals surface area contributed by atoms with E-state index in [1.807, 2.05) is 0 Å². The lowest BCUT2D eigenvalue weighted by Crippen LogP contribution is -2.15. The molecule has 0 atom stereocenters. The molecule has 1 amide bonds. The van der Waals surface area contributed by atoms with E-state index in [0.29, 0.717) is 23.1 Å². The first kappa shape index (κ1) is 19.2. The molecule has 0 aliphatic heterocycles. The highest BCUT2D eigenvalue weighted by atomic mass is 19.1. The molecule has 1 N–H and O–H groups in total. The largest absolute Gasteiger partial charge is 0.497 e. The molecular formula is C21H19FN2O4. The summed E-state index contributed by atoms with van der Waals surface area (Å²) in [5.74, 6) is 1.69. The van der Waals surface area contributed by atoms with E-state index in [0.717, 1.165) is 5.75 Å². The molecule has 0 spiro atoms. The molecule has 7 heteroatoms. The van der Waals surface area contributed by atoms with Gasteiger partial charge in [-0.05, 0) is 54.6 Å². The molecule has 0 saturated heterocycles. The van der Waals surface area contributed by atoms with Crippen molar-refractivity contribution < 1.29 is 23.4 Å². The molecule has 0 aliphatic rings. The van der Waals surface area contributed by atoms with Gasteiger partial charge in [-0.2, -0.15) is 0 Å². The number of ether oxygens (including phenoxy) is 3. The van der Waals surface area contributed by atoms with Crippen molar-refractivity contribution in [3.63, 3.8) is 0 Å². The summed E-state index contributed by atoms with van der Waals surface area (Å²) in [6.45, 7) is 0.247. The summed E-state index contributed by atoms with van der Waals surface area (Å²) < 4.78 is 29.0. The third-order valence-electron chi connectivity index (χ3n) is 3.71. The number of anilines is 1. The summed E-state index contributed by atoms with van der Waals surface area (Å²) in [5, 5.41) is 2.74. The van der Waals surface area contributed by atoms with Crippen molar-refractivity contribution in [2.45, 2.75) is 6.42 Å². The van der Waals surface area contributed by atoms with Gasteiger partial charge in [-0.1, -0.05) is 0 Å². The number of rotatable bonds is 8. The van der Waals surface area contributed by atoms with Crippen LogP contribution in [-0.2, 0) is 4.79 Å². The predicted molar refractivity (Wildman–Crippen MR) is 102 cm³/mol. The second kappa shape index (κ2) is 9.36. The van der Waals surface area contributed by atoms with Gasteiger partial charge in [0.05, 0.1) is 32.0 Å². The van der Waals surface area contributed by atoms with Crippen LogP contribution in [0.15, 0.2) is 66.9 Å². The van der Waals surface area contributed by atoms with E-state index in [2.05, 4.69) is 10.3 Å². The maximum absolute atomic E-state index is 12.9. The minimum absolute atomic E-state index is 0.192. The topological polar surface area (TPSA) is 69.7 Å². The quantitative estimate of drug-likeness (QED) is 0.624. The number of nitrogens with one attached hydrogen (secondary N) is 1. The normalized spacial score (nSPS) is 10.2. The van der Waals surface area contributed by atoms with Crippen LogP contribution in [0.3, 0.4) is 0 Å². The summed E-state index contributed by atoms with van der Waals surface area (Å²) in [5.41, 5.74) is 0.543. The second-order valence-corrected chi connectivity index (χ2v) is 5.76. The Labute approximate surface area is 161 Å². The van der Waals surface area contributed by atoms with Crippen LogP contribution in [0.2, 0.25) is 0 Å². The number of carbonyl (C=O) groups excluding carboxylic acids is 1. The first-order valence-electron chi connectivity index (χ1n) is 8.58. The fraction of sp³-hybridized carbons (Fsp3) is 0.143. The summed E-state index contributed by atoms with van der Waals surface area (Å²) in [6.07, 6.45) is 1.68. The van der Waals surface area contributed by atoms with Crippen molar-refractivity contribution in [2.75, 3.05) is 19.0 Å². The summed E-state index contributed by atoms with van der Waals surface area (Å²) in [6, 6.07) is 16.1. The molecule has 0 radical (unpaired) electrons. The van der Waals surface area contributed by atoms with Gasteiger partial charge in [0.15, 0.2) is 0 Å². The third kappa shape index (κ3) is 5.70. The maximum atomic E-state index is 12.9. The van der Waals surface area contributed by atoms with Gasteiger partial charge in [0.2, 0.25) is 11.8 Å². The monoisotopic (exact) mass is 382 g/mol. The van der Waals surface area contributed by atoms with E-state index >= 15 is 0 Å². The Kier molecular flexibility index (Phi) is 6.41. The maximum Gasteiger partial charge on any atom is 0.227 e. The van der Waals surface area contributed by atoms with Crippen molar-refractivity contribution in [1.29, 1.82) is 0 Å². The molecule has 1 heterocycles. The number of amides is 1. The third-order valence-corrected chi connectivity index (χ3v) is 3.71. The van der Waals surface area contributed by atoms with Crippen LogP contribution >= 0.6 is 0 Å². The summed E-state index contributed by atoms with van der Waals surface area (Å²) in [7, 11) is 1.59. The molecule has 0 saturated carbocycles. The van der Waals surface area contributed by atoms with Crippen LogP contribution < -0.4 is 19.5 Å². The molecule has 144 valence electrons. The highest BCUT2D eigenvalue weighted by Crippen LogP contribution is 2.21. The van der Waals surface area contributed by atoms with Gasteiger partial charge < -0.3 is 19.5 Å². The molecule has 0 aliphatic carbocycles. The summed E-state index contributed by atoms with van der Waals surface area (Å²) >= 11 is 0. The number of hydrogen-bond donors (Lipinski definition) is 1. The number of aromatic nitrogens is 1. The van der Waals surface area contributed by atoms with Gasteiger partial charge >= 0.3 is 0 Å². The van der Waals surface area contributed by atoms with E-state index in [1.165, 1.54) is 30.5 Å². The van der Waals surface area contributed by atoms with Crippen molar-refractivity contribution >= 4 is 11.6 Å². The molecular weight excluding hydrogens is 363 g/mol. The number of benzene rings is 2. The molecule has 0 unspecified atom stereocenters. The van der Waals surface area contributed by atoms with Gasteiger partial charge in [0.25, 0.3) is 0 Å². The van der Waals surface area contributed by atoms with Gasteiger partial charge in [-0.3, -0.25) is 4.79 Å². The second-order valence-electron chi connectivity index (χ2n) is 5.76. The number of halogens is 1. The number of nitrogens with zero attached hydrogens (tertiary/aromatic N) is 1. The van der Waals surface area contributed by atoms with Gasteiger partial charge in [-0.15, -0.1) is 0 Å². The van der Waals surface area contributed by atoms with Crippen LogP contribution in [0.25, 0.3) is 0 Å². The van der Waals surface area contributed by atoms with Crippen LogP contribution in [0.1, 0.15) is 6.42 Å². The molecule has 6 nitrogen and oxygen atoms in total. The highest BCUT2D eigenvalue weighted by molar-refractivity contribution is 5.90. The molecule has 28 heavy (non-hydrogen) atoms. The zero-order valence-corrected chi connectivity index (χ0v) is 15.2. The molecule has 0 fully saturated rings. The Morgan fingerprint density at radius 1 is 0.964 bits per heavy atom. The molecule has 3 aromatic rings.